The van der Waals surface area contributed by atoms with Crippen molar-refractivity contribution in [1.29, 1.82) is 0 Å². The molecule has 3 nitrogen and oxygen atoms in total. The predicted molar refractivity (Wildman–Crippen MR) is 106 cm³/mol. The van der Waals surface area contributed by atoms with Gasteiger partial charge in [0, 0.05) is 11.6 Å². The zero-order valence-corrected chi connectivity index (χ0v) is 16.1. The Kier molecular flexibility index (Phi) is 8.81. The Morgan fingerprint density at radius 2 is 1.76 bits per heavy atom. The molecule has 0 aromatic heterocycles. The largest absolute Gasteiger partial charge is 0.489 e. The van der Waals surface area contributed by atoms with Crippen molar-refractivity contribution in [2.45, 2.75) is 33.4 Å². The molecule has 2 aromatic carbocycles. The summed E-state index contributed by atoms with van der Waals surface area (Å²) >= 11 is 6.01. The molecule has 136 valence electrons. The minimum absolute atomic E-state index is 0.529. The number of nitrogens with one attached hydrogen (secondary N) is 1. The van der Waals surface area contributed by atoms with Crippen LogP contribution in [0.4, 0.5) is 0 Å². The second-order valence-corrected chi connectivity index (χ2v) is 6.56. The second kappa shape index (κ2) is 11.1. The van der Waals surface area contributed by atoms with E-state index in [1.807, 2.05) is 36.4 Å². The number of hydrogen-bond donors (Lipinski definition) is 1. The lowest BCUT2D eigenvalue weighted by Gasteiger charge is -2.17. The third-order valence-electron chi connectivity index (χ3n) is 4.24. The summed E-state index contributed by atoms with van der Waals surface area (Å²) in [5.74, 6) is 0.891. The van der Waals surface area contributed by atoms with Crippen molar-refractivity contribution in [2.75, 3.05) is 26.2 Å². The third kappa shape index (κ3) is 7.47. The lowest BCUT2D eigenvalue weighted by molar-refractivity contribution is 0.297. The summed E-state index contributed by atoms with van der Waals surface area (Å²) in [5, 5.41) is 4.25. The molecule has 0 atom stereocenters. The summed E-state index contributed by atoms with van der Waals surface area (Å²) in [6.45, 7) is 10.3. The van der Waals surface area contributed by atoms with Crippen molar-refractivity contribution in [3.63, 3.8) is 0 Å². The van der Waals surface area contributed by atoms with Gasteiger partial charge in [-0.15, -0.1) is 0 Å². The van der Waals surface area contributed by atoms with E-state index in [9.17, 15) is 0 Å². The van der Waals surface area contributed by atoms with Crippen LogP contribution in [0, 0.1) is 0 Å². The Balaban J connectivity index is 1.73. The third-order valence-corrected chi connectivity index (χ3v) is 4.48. The molecule has 0 heterocycles. The van der Waals surface area contributed by atoms with E-state index in [4.69, 9.17) is 16.3 Å². The van der Waals surface area contributed by atoms with Gasteiger partial charge in [-0.3, -0.25) is 0 Å². The number of hydrogen-bond acceptors (Lipinski definition) is 3. The highest BCUT2D eigenvalue weighted by atomic mass is 35.5. The lowest BCUT2D eigenvalue weighted by Crippen LogP contribution is -2.27. The standard InChI is InChI=1S/C21H29ClN2O/c1-3-24(4-2)13-7-12-23-16-18-8-6-11-21(15-18)25-17-19-9-5-10-20(22)14-19/h5-6,8-11,14-15,23H,3-4,7,12-13,16-17H2,1-2H3. The van der Waals surface area contributed by atoms with Gasteiger partial charge in [-0.05, 0) is 68.0 Å². The molecule has 1 N–H and O–H groups in total. The monoisotopic (exact) mass is 360 g/mol. The Bertz CT molecular complexity index is 629. The average molecular weight is 361 g/mol. The van der Waals surface area contributed by atoms with Gasteiger partial charge in [0.1, 0.15) is 12.4 Å². The number of rotatable bonds is 11. The van der Waals surface area contributed by atoms with Crippen LogP contribution in [0.1, 0.15) is 31.4 Å². The van der Waals surface area contributed by atoms with Crippen LogP contribution in [-0.2, 0) is 13.2 Å². The highest BCUT2D eigenvalue weighted by Gasteiger charge is 2.01. The maximum Gasteiger partial charge on any atom is 0.120 e. The molecule has 0 spiro atoms. The molecule has 0 unspecified atom stereocenters. The van der Waals surface area contributed by atoms with Gasteiger partial charge in [0.25, 0.3) is 0 Å². The molecule has 0 amide bonds. The van der Waals surface area contributed by atoms with E-state index in [-0.39, 0.29) is 0 Å². The number of halogens is 1. The van der Waals surface area contributed by atoms with Gasteiger partial charge in [-0.25, -0.2) is 0 Å². The molecule has 2 rings (SSSR count). The molecular formula is C21H29ClN2O. The quantitative estimate of drug-likeness (QED) is 0.586. The highest BCUT2D eigenvalue weighted by molar-refractivity contribution is 6.30. The Labute approximate surface area is 156 Å². The first-order valence-electron chi connectivity index (χ1n) is 9.10. The summed E-state index contributed by atoms with van der Waals surface area (Å²) in [5.41, 5.74) is 2.32. The summed E-state index contributed by atoms with van der Waals surface area (Å²) in [4.78, 5) is 2.45. The normalized spacial score (nSPS) is 11.0. The van der Waals surface area contributed by atoms with Crippen LogP contribution in [0.3, 0.4) is 0 Å². The van der Waals surface area contributed by atoms with E-state index in [1.165, 1.54) is 12.0 Å². The number of benzene rings is 2. The van der Waals surface area contributed by atoms with Crippen LogP contribution in [0.2, 0.25) is 5.02 Å². The molecule has 25 heavy (non-hydrogen) atoms. The summed E-state index contributed by atoms with van der Waals surface area (Å²) in [7, 11) is 0. The Morgan fingerprint density at radius 1 is 1.00 bits per heavy atom. The van der Waals surface area contributed by atoms with Gasteiger partial charge in [-0.1, -0.05) is 49.7 Å². The van der Waals surface area contributed by atoms with Crippen LogP contribution < -0.4 is 10.1 Å². The first-order chi connectivity index (χ1) is 12.2. The molecule has 0 radical (unpaired) electrons. The summed E-state index contributed by atoms with van der Waals surface area (Å²) in [6, 6.07) is 16.0. The second-order valence-electron chi connectivity index (χ2n) is 6.12. The smallest absolute Gasteiger partial charge is 0.120 e. The van der Waals surface area contributed by atoms with Crippen molar-refractivity contribution < 1.29 is 4.74 Å². The number of ether oxygens (including phenoxy) is 1. The SMILES string of the molecule is CCN(CC)CCCNCc1cccc(OCc2cccc(Cl)c2)c1. The molecule has 0 saturated carbocycles. The van der Waals surface area contributed by atoms with Gasteiger partial charge in [0.2, 0.25) is 0 Å². The van der Waals surface area contributed by atoms with Crippen molar-refractivity contribution in [1.82, 2.24) is 10.2 Å². The fraction of sp³-hybridized carbons (Fsp3) is 0.429. The first kappa shape index (κ1) is 19.8. The zero-order valence-electron chi connectivity index (χ0n) is 15.3. The minimum atomic E-state index is 0.529. The van der Waals surface area contributed by atoms with Crippen molar-refractivity contribution in [2.24, 2.45) is 0 Å². The van der Waals surface area contributed by atoms with Gasteiger partial charge in [-0.2, -0.15) is 0 Å². The predicted octanol–water partition coefficient (Wildman–Crippen LogP) is 4.74. The maximum atomic E-state index is 6.01. The zero-order chi connectivity index (χ0) is 17.9. The first-order valence-corrected chi connectivity index (χ1v) is 9.48. The summed E-state index contributed by atoms with van der Waals surface area (Å²) < 4.78 is 5.88. The van der Waals surface area contributed by atoms with Gasteiger partial charge >= 0.3 is 0 Å². The fourth-order valence-electron chi connectivity index (χ4n) is 2.74. The van der Waals surface area contributed by atoms with Crippen LogP contribution >= 0.6 is 11.6 Å². The van der Waals surface area contributed by atoms with E-state index in [1.54, 1.807) is 0 Å². The van der Waals surface area contributed by atoms with E-state index >= 15 is 0 Å². The van der Waals surface area contributed by atoms with Crippen LogP contribution in [-0.4, -0.2) is 31.1 Å². The molecule has 2 aromatic rings. The Morgan fingerprint density at radius 3 is 2.52 bits per heavy atom. The average Bonchev–Trinajstić information content (AvgIpc) is 2.63. The lowest BCUT2D eigenvalue weighted by atomic mass is 10.2. The van der Waals surface area contributed by atoms with Gasteiger partial charge in [0.15, 0.2) is 0 Å². The van der Waals surface area contributed by atoms with Crippen molar-refractivity contribution in [3.8, 4) is 5.75 Å². The molecule has 4 heteroatoms. The molecule has 0 fully saturated rings. The van der Waals surface area contributed by atoms with E-state index in [2.05, 4.69) is 36.2 Å². The highest BCUT2D eigenvalue weighted by Crippen LogP contribution is 2.17. The number of nitrogens with zero attached hydrogens (tertiary/aromatic N) is 1. The molecule has 0 aliphatic heterocycles. The molecule has 0 aliphatic carbocycles. The van der Waals surface area contributed by atoms with Crippen LogP contribution in [0.5, 0.6) is 5.75 Å². The molecule has 0 aliphatic rings. The van der Waals surface area contributed by atoms with Crippen LogP contribution in [0.25, 0.3) is 0 Å². The van der Waals surface area contributed by atoms with E-state index in [0.717, 1.165) is 49.1 Å². The molecule has 0 saturated heterocycles. The molecular weight excluding hydrogens is 332 g/mol. The minimum Gasteiger partial charge on any atom is -0.489 e. The van der Waals surface area contributed by atoms with E-state index < -0.39 is 0 Å². The summed E-state index contributed by atoms with van der Waals surface area (Å²) in [6.07, 6.45) is 1.17. The topological polar surface area (TPSA) is 24.5 Å². The van der Waals surface area contributed by atoms with Crippen LogP contribution in [0.15, 0.2) is 48.5 Å². The van der Waals surface area contributed by atoms with E-state index in [0.29, 0.717) is 6.61 Å². The van der Waals surface area contributed by atoms with Crippen molar-refractivity contribution >= 4 is 11.6 Å². The fourth-order valence-corrected chi connectivity index (χ4v) is 2.95. The Hall–Kier alpha value is -1.55. The molecule has 0 bridgehead atoms. The van der Waals surface area contributed by atoms with Gasteiger partial charge < -0.3 is 15.0 Å². The van der Waals surface area contributed by atoms with Gasteiger partial charge in [0.05, 0.1) is 0 Å². The van der Waals surface area contributed by atoms with Crippen molar-refractivity contribution in [3.05, 3.63) is 64.7 Å². The maximum absolute atomic E-state index is 6.01.